The van der Waals surface area contributed by atoms with Gasteiger partial charge in [-0.15, -0.1) is 21.5 Å². The normalized spacial score (nSPS) is 12.1. The van der Waals surface area contributed by atoms with Gasteiger partial charge >= 0.3 is 0 Å². The highest BCUT2D eigenvalue weighted by molar-refractivity contribution is 7.98. The van der Waals surface area contributed by atoms with Gasteiger partial charge in [0.15, 0.2) is 17.1 Å². The summed E-state index contributed by atoms with van der Waals surface area (Å²) in [5.41, 5.74) is 4.65. The Kier molecular flexibility index (Phi) is 6.73. The zero-order valence-electron chi connectivity index (χ0n) is 18.2. The number of benzene rings is 2. The lowest BCUT2D eigenvalue weighted by Gasteiger charge is -2.15. The second-order valence-corrected chi connectivity index (χ2v) is 9.26. The van der Waals surface area contributed by atoms with E-state index in [1.54, 1.807) is 23.1 Å². The molecule has 4 rings (SSSR count). The Bertz CT molecular complexity index is 1150. The van der Waals surface area contributed by atoms with Crippen LogP contribution >= 0.6 is 23.1 Å². The van der Waals surface area contributed by atoms with Gasteiger partial charge in [0.2, 0.25) is 0 Å². The molecule has 0 aliphatic heterocycles. The van der Waals surface area contributed by atoms with E-state index in [2.05, 4.69) is 71.2 Å². The predicted octanol–water partition coefficient (Wildman–Crippen LogP) is 6.47. The third-order valence-electron chi connectivity index (χ3n) is 4.93. The van der Waals surface area contributed by atoms with Crippen molar-refractivity contribution in [2.24, 2.45) is 0 Å². The number of nitrogens with zero attached hydrogens (tertiary/aromatic N) is 4. The Morgan fingerprint density at radius 1 is 1.06 bits per heavy atom. The van der Waals surface area contributed by atoms with E-state index in [0.29, 0.717) is 0 Å². The van der Waals surface area contributed by atoms with Gasteiger partial charge in [-0.3, -0.25) is 0 Å². The molecular formula is C24H26N4OS2. The number of thiazole rings is 1. The van der Waals surface area contributed by atoms with Crippen LogP contribution in [0.4, 0.5) is 0 Å². The van der Waals surface area contributed by atoms with Crippen LogP contribution in [0.25, 0.3) is 10.6 Å². The summed E-state index contributed by atoms with van der Waals surface area (Å²) in [4.78, 5) is 4.80. The topological polar surface area (TPSA) is 52.8 Å². The van der Waals surface area contributed by atoms with Crippen molar-refractivity contribution in [3.8, 4) is 16.3 Å². The molecule has 0 fully saturated rings. The summed E-state index contributed by atoms with van der Waals surface area (Å²) in [5, 5.41) is 12.9. The lowest BCUT2D eigenvalue weighted by molar-refractivity contribution is 0.210. The van der Waals surface area contributed by atoms with E-state index in [9.17, 15) is 0 Å². The molecule has 5 nitrogen and oxygen atoms in total. The largest absolute Gasteiger partial charge is 0.483 e. The molecule has 2 aromatic carbocycles. The van der Waals surface area contributed by atoms with Gasteiger partial charge in [0.05, 0.1) is 5.69 Å². The first-order chi connectivity index (χ1) is 15.0. The second-order valence-electron chi connectivity index (χ2n) is 7.46. The minimum Gasteiger partial charge on any atom is -0.483 e. The van der Waals surface area contributed by atoms with Crippen molar-refractivity contribution in [3.05, 3.63) is 76.6 Å². The van der Waals surface area contributed by atoms with Gasteiger partial charge in [-0.05, 0) is 45.4 Å². The Morgan fingerprint density at radius 2 is 1.87 bits per heavy atom. The van der Waals surface area contributed by atoms with Crippen molar-refractivity contribution in [2.45, 2.75) is 51.3 Å². The van der Waals surface area contributed by atoms with Crippen LogP contribution in [0.15, 0.2) is 59.1 Å². The van der Waals surface area contributed by atoms with E-state index in [0.717, 1.165) is 45.3 Å². The molecule has 0 N–H and O–H groups in total. The summed E-state index contributed by atoms with van der Waals surface area (Å²) in [6.07, 6.45) is -0.184. The number of aromatic nitrogens is 4. The molecule has 2 heterocycles. The Morgan fingerprint density at radius 3 is 2.61 bits per heavy atom. The quantitative estimate of drug-likeness (QED) is 0.288. The Labute approximate surface area is 191 Å². The molecule has 160 valence electrons. The smallest absolute Gasteiger partial charge is 0.191 e. The predicted molar refractivity (Wildman–Crippen MR) is 128 cm³/mol. The summed E-state index contributed by atoms with van der Waals surface area (Å²) >= 11 is 3.34. The molecule has 0 aliphatic rings. The average Bonchev–Trinajstić information content (AvgIpc) is 3.39. The Balaban J connectivity index is 1.44. The van der Waals surface area contributed by atoms with Crippen molar-refractivity contribution in [3.63, 3.8) is 0 Å². The van der Waals surface area contributed by atoms with E-state index in [1.807, 2.05) is 25.1 Å². The zero-order valence-corrected chi connectivity index (χ0v) is 19.8. The van der Waals surface area contributed by atoms with Crippen LogP contribution in [0.5, 0.6) is 5.75 Å². The molecule has 31 heavy (non-hydrogen) atoms. The van der Waals surface area contributed by atoms with Gasteiger partial charge in [0.25, 0.3) is 0 Å². The number of rotatable bonds is 8. The lowest BCUT2D eigenvalue weighted by Crippen LogP contribution is -2.12. The molecule has 1 unspecified atom stereocenters. The van der Waals surface area contributed by atoms with Crippen LogP contribution in [-0.2, 0) is 12.3 Å². The lowest BCUT2D eigenvalue weighted by atomic mass is 10.2. The molecule has 0 radical (unpaired) electrons. The molecule has 2 aromatic heterocycles. The van der Waals surface area contributed by atoms with E-state index in [-0.39, 0.29) is 6.10 Å². The van der Waals surface area contributed by atoms with Gasteiger partial charge in [-0.25, -0.2) is 4.98 Å². The molecule has 4 aromatic rings. The van der Waals surface area contributed by atoms with Gasteiger partial charge in [-0.1, -0.05) is 53.7 Å². The van der Waals surface area contributed by atoms with Crippen LogP contribution in [0, 0.1) is 13.8 Å². The minimum absolute atomic E-state index is 0.184. The highest BCUT2D eigenvalue weighted by Gasteiger charge is 2.19. The van der Waals surface area contributed by atoms with Crippen LogP contribution < -0.4 is 4.74 Å². The molecule has 0 aliphatic carbocycles. The van der Waals surface area contributed by atoms with Crippen molar-refractivity contribution >= 4 is 23.1 Å². The van der Waals surface area contributed by atoms with Gasteiger partial charge < -0.3 is 9.30 Å². The number of aryl methyl sites for hydroxylation is 2. The van der Waals surface area contributed by atoms with Crippen molar-refractivity contribution in [1.82, 2.24) is 19.7 Å². The first-order valence-electron chi connectivity index (χ1n) is 10.3. The third-order valence-corrected chi connectivity index (χ3v) is 6.87. The van der Waals surface area contributed by atoms with Gasteiger partial charge in [0, 0.05) is 23.2 Å². The number of hydrogen-bond donors (Lipinski definition) is 0. The van der Waals surface area contributed by atoms with Crippen molar-refractivity contribution < 1.29 is 4.74 Å². The maximum Gasteiger partial charge on any atom is 0.191 e. The maximum atomic E-state index is 6.12. The summed E-state index contributed by atoms with van der Waals surface area (Å²) in [5.74, 6) is 2.44. The first-order valence-corrected chi connectivity index (χ1v) is 12.2. The summed E-state index contributed by atoms with van der Waals surface area (Å²) in [6, 6.07) is 16.6. The number of ether oxygens (including phenoxy) is 1. The molecule has 0 saturated heterocycles. The van der Waals surface area contributed by atoms with Crippen LogP contribution in [-0.4, -0.2) is 19.7 Å². The van der Waals surface area contributed by atoms with E-state index >= 15 is 0 Å². The zero-order chi connectivity index (χ0) is 21.8. The monoisotopic (exact) mass is 450 g/mol. The van der Waals surface area contributed by atoms with Crippen LogP contribution in [0.3, 0.4) is 0 Å². The molecule has 0 bridgehead atoms. The molecule has 1 atom stereocenters. The van der Waals surface area contributed by atoms with E-state index < -0.39 is 0 Å². The third kappa shape index (κ3) is 5.17. The number of thioether (sulfide) groups is 1. The fourth-order valence-electron chi connectivity index (χ4n) is 3.29. The summed E-state index contributed by atoms with van der Waals surface area (Å²) in [7, 11) is 0. The first kappa shape index (κ1) is 21.6. The minimum atomic E-state index is -0.184. The summed E-state index contributed by atoms with van der Waals surface area (Å²) in [6.45, 7) is 9.07. The SMILES string of the molecule is CCn1c(SCc2csc(-c3ccc(C)cc3)n2)nnc1C(C)Oc1cccc(C)c1. The molecule has 7 heteroatoms. The number of hydrogen-bond acceptors (Lipinski definition) is 6. The van der Waals surface area contributed by atoms with E-state index in [1.165, 1.54) is 11.1 Å². The highest BCUT2D eigenvalue weighted by Crippen LogP contribution is 2.29. The Hall–Kier alpha value is -2.64. The van der Waals surface area contributed by atoms with Gasteiger partial charge in [0.1, 0.15) is 10.8 Å². The van der Waals surface area contributed by atoms with Crippen molar-refractivity contribution in [2.75, 3.05) is 0 Å². The maximum absolute atomic E-state index is 6.12. The summed E-state index contributed by atoms with van der Waals surface area (Å²) < 4.78 is 8.24. The van der Waals surface area contributed by atoms with Gasteiger partial charge in [-0.2, -0.15) is 0 Å². The molecule has 0 saturated carbocycles. The van der Waals surface area contributed by atoms with E-state index in [4.69, 9.17) is 9.72 Å². The fraction of sp³-hybridized carbons (Fsp3) is 0.292. The second kappa shape index (κ2) is 9.66. The average molecular weight is 451 g/mol. The molecule has 0 spiro atoms. The molecule has 0 amide bonds. The standard InChI is InChI=1S/C24H26N4OS2/c1-5-28-22(18(4)29-21-8-6-7-17(3)13-21)26-27-24(28)31-15-20-14-30-23(25-20)19-11-9-16(2)10-12-19/h6-14,18H,5,15H2,1-4H3. The fourth-order valence-corrected chi connectivity index (χ4v) is 5.12. The van der Waals surface area contributed by atoms with Crippen LogP contribution in [0.1, 0.15) is 42.6 Å². The highest BCUT2D eigenvalue weighted by atomic mass is 32.2. The molecular weight excluding hydrogens is 424 g/mol. The van der Waals surface area contributed by atoms with Crippen LogP contribution in [0.2, 0.25) is 0 Å². The van der Waals surface area contributed by atoms with Crippen molar-refractivity contribution in [1.29, 1.82) is 0 Å².